The molecule has 1 fully saturated rings. The molecule has 8 heteroatoms. The number of piperazine rings is 1. The molecule has 1 amide bonds. The molecule has 1 saturated heterocycles. The zero-order valence-corrected chi connectivity index (χ0v) is 20.9. The van der Waals surface area contributed by atoms with Crippen LogP contribution < -0.4 is 15.0 Å². The Morgan fingerprint density at radius 3 is 2.64 bits per heavy atom. The topological polar surface area (TPSA) is 75.0 Å². The lowest BCUT2D eigenvalue weighted by atomic mass is 10.2. The number of carbonyl (C=O) groups excluding carboxylic acids is 1. The van der Waals surface area contributed by atoms with Crippen molar-refractivity contribution in [2.24, 2.45) is 0 Å². The lowest BCUT2D eigenvalue weighted by Crippen LogP contribution is -2.46. The van der Waals surface area contributed by atoms with Crippen LogP contribution in [0.25, 0.3) is 5.65 Å². The number of carbonyl (C=O) groups is 1. The Labute approximate surface area is 211 Å². The number of imidazole rings is 1. The molecule has 36 heavy (non-hydrogen) atoms. The quantitative estimate of drug-likeness (QED) is 0.411. The molecule has 0 bridgehead atoms. The Hall–Kier alpha value is -3.91. The average Bonchev–Trinajstić information content (AvgIpc) is 3.36. The van der Waals surface area contributed by atoms with Gasteiger partial charge in [0.05, 0.1) is 11.3 Å². The monoisotopic (exact) mass is 484 g/mol. The van der Waals surface area contributed by atoms with Crippen LogP contribution >= 0.6 is 0 Å². The van der Waals surface area contributed by atoms with Crippen molar-refractivity contribution >= 4 is 17.4 Å². The van der Waals surface area contributed by atoms with E-state index in [1.165, 1.54) is 0 Å². The van der Waals surface area contributed by atoms with Crippen molar-refractivity contribution in [3.8, 4) is 5.75 Å². The third-order valence-corrected chi connectivity index (χ3v) is 6.64. The lowest BCUT2D eigenvalue weighted by Gasteiger charge is -2.34. The number of nitrogens with one attached hydrogen (secondary N) is 1. The summed E-state index contributed by atoms with van der Waals surface area (Å²) in [7, 11) is 0. The zero-order valence-electron chi connectivity index (χ0n) is 20.9. The fourth-order valence-electron chi connectivity index (χ4n) is 4.48. The average molecular weight is 485 g/mol. The minimum Gasteiger partial charge on any atom is -0.486 e. The summed E-state index contributed by atoms with van der Waals surface area (Å²) in [5, 5.41) is 3.00. The first kappa shape index (κ1) is 23.8. The van der Waals surface area contributed by atoms with Crippen LogP contribution in [-0.2, 0) is 13.2 Å². The van der Waals surface area contributed by atoms with Gasteiger partial charge in [0.25, 0.3) is 5.91 Å². The number of nitrogens with zero attached hydrogens (tertiary/aromatic N) is 5. The van der Waals surface area contributed by atoms with Gasteiger partial charge in [-0.25, -0.2) is 9.97 Å². The van der Waals surface area contributed by atoms with Gasteiger partial charge < -0.3 is 24.3 Å². The zero-order chi connectivity index (χ0) is 24.9. The number of aryl methyl sites for hydroxylation is 1. The van der Waals surface area contributed by atoms with Crippen molar-refractivity contribution in [1.82, 2.24) is 24.6 Å². The van der Waals surface area contributed by atoms with Crippen molar-refractivity contribution in [2.75, 3.05) is 37.6 Å². The van der Waals surface area contributed by atoms with E-state index in [9.17, 15) is 4.79 Å². The smallest absolute Gasteiger partial charge is 0.255 e. The molecule has 8 nitrogen and oxygen atoms in total. The van der Waals surface area contributed by atoms with Crippen LogP contribution in [0, 0.1) is 6.92 Å². The van der Waals surface area contributed by atoms with E-state index in [1.54, 1.807) is 6.07 Å². The molecule has 1 N–H and O–H groups in total. The maximum absolute atomic E-state index is 13.0. The molecule has 4 heterocycles. The molecular formula is C28H32N6O2. The summed E-state index contributed by atoms with van der Waals surface area (Å²) in [6.07, 6.45) is 5.76. The second-order valence-electron chi connectivity index (χ2n) is 9.07. The van der Waals surface area contributed by atoms with Crippen molar-refractivity contribution in [3.63, 3.8) is 0 Å². The first-order chi connectivity index (χ1) is 17.6. The second kappa shape index (κ2) is 10.8. The van der Waals surface area contributed by atoms with E-state index in [4.69, 9.17) is 4.74 Å². The number of likely N-dealkylation sites (N-methyl/N-ethyl adjacent to an activating group) is 1. The first-order valence-electron chi connectivity index (χ1n) is 12.5. The summed E-state index contributed by atoms with van der Waals surface area (Å²) in [6.45, 7) is 10.1. The summed E-state index contributed by atoms with van der Waals surface area (Å²) in [5.41, 5.74) is 4.27. The number of hydrogen-bond donors (Lipinski definition) is 1. The first-order valence-corrected chi connectivity index (χ1v) is 12.5. The van der Waals surface area contributed by atoms with Crippen molar-refractivity contribution in [3.05, 3.63) is 89.5 Å². The molecule has 0 unspecified atom stereocenters. The number of aromatic nitrogens is 3. The number of hydrogen-bond acceptors (Lipinski definition) is 6. The maximum Gasteiger partial charge on any atom is 0.255 e. The number of fused-ring (bicyclic) bond motifs is 1. The van der Waals surface area contributed by atoms with E-state index in [2.05, 4.69) is 32.0 Å². The van der Waals surface area contributed by atoms with Gasteiger partial charge in [-0.15, -0.1) is 0 Å². The van der Waals surface area contributed by atoms with E-state index in [1.807, 2.05) is 72.4 Å². The lowest BCUT2D eigenvalue weighted by molar-refractivity contribution is 0.0946. The highest BCUT2D eigenvalue weighted by molar-refractivity contribution is 5.96. The Kier molecular flexibility index (Phi) is 7.13. The Morgan fingerprint density at radius 2 is 1.89 bits per heavy atom. The van der Waals surface area contributed by atoms with Gasteiger partial charge in [-0.3, -0.25) is 4.79 Å². The number of amides is 1. The SMILES string of the molecule is CCN1CCN(c2ccc(CNC(=O)c3ccccc3OCc3cn4cccc(C)c4n3)cn2)CC1. The summed E-state index contributed by atoms with van der Waals surface area (Å²) in [4.78, 5) is 27.0. The van der Waals surface area contributed by atoms with Crippen LogP contribution in [0.5, 0.6) is 5.75 Å². The molecule has 5 rings (SSSR count). The highest BCUT2D eigenvalue weighted by Crippen LogP contribution is 2.20. The molecular weight excluding hydrogens is 452 g/mol. The predicted octanol–water partition coefficient (Wildman–Crippen LogP) is 3.69. The Bertz CT molecular complexity index is 1330. The van der Waals surface area contributed by atoms with Gasteiger partial charge in [-0.05, 0) is 48.9 Å². The summed E-state index contributed by atoms with van der Waals surface area (Å²) in [5.74, 6) is 1.33. The number of rotatable bonds is 8. The largest absolute Gasteiger partial charge is 0.486 e. The minimum absolute atomic E-state index is 0.184. The van der Waals surface area contributed by atoms with Crippen LogP contribution in [0.2, 0.25) is 0 Å². The summed E-state index contributed by atoms with van der Waals surface area (Å²) >= 11 is 0. The molecule has 0 saturated carbocycles. The van der Waals surface area contributed by atoms with E-state index in [-0.39, 0.29) is 12.5 Å². The third-order valence-electron chi connectivity index (χ3n) is 6.64. The van der Waals surface area contributed by atoms with Gasteiger partial charge in [0, 0.05) is 51.3 Å². The summed E-state index contributed by atoms with van der Waals surface area (Å²) in [6, 6.07) is 15.4. The van der Waals surface area contributed by atoms with Gasteiger partial charge in [0.1, 0.15) is 23.8 Å². The van der Waals surface area contributed by atoms with Gasteiger partial charge >= 0.3 is 0 Å². The molecule has 1 aliphatic rings. The molecule has 1 aliphatic heterocycles. The molecule has 0 aliphatic carbocycles. The van der Waals surface area contributed by atoms with Gasteiger partial charge in [0.15, 0.2) is 0 Å². The Balaban J connectivity index is 1.18. The number of benzene rings is 1. The molecule has 0 radical (unpaired) electrons. The van der Waals surface area contributed by atoms with Crippen molar-refractivity contribution in [1.29, 1.82) is 0 Å². The predicted molar refractivity (Wildman–Crippen MR) is 140 cm³/mol. The van der Waals surface area contributed by atoms with Crippen LogP contribution in [0.1, 0.15) is 34.1 Å². The molecule has 0 spiro atoms. The van der Waals surface area contributed by atoms with E-state index in [0.29, 0.717) is 17.9 Å². The van der Waals surface area contributed by atoms with Crippen molar-refractivity contribution < 1.29 is 9.53 Å². The number of pyridine rings is 2. The van der Waals surface area contributed by atoms with E-state index < -0.39 is 0 Å². The van der Waals surface area contributed by atoms with Crippen LogP contribution in [-0.4, -0.2) is 57.9 Å². The molecule has 4 aromatic rings. The van der Waals surface area contributed by atoms with Crippen LogP contribution in [0.3, 0.4) is 0 Å². The summed E-state index contributed by atoms with van der Waals surface area (Å²) < 4.78 is 7.99. The maximum atomic E-state index is 13.0. The van der Waals surface area contributed by atoms with Gasteiger partial charge in [0.2, 0.25) is 0 Å². The molecule has 186 valence electrons. The van der Waals surface area contributed by atoms with Crippen LogP contribution in [0.15, 0.2) is 67.1 Å². The highest BCUT2D eigenvalue weighted by Gasteiger charge is 2.17. The van der Waals surface area contributed by atoms with Gasteiger partial charge in [-0.1, -0.05) is 31.2 Å². The molecule has 0 atom stereocenters. The van der Waals surface area contributed by atoms with E-state index in [0.717, 1.165) is 61.0 Å². The molecule has 1 aromatic carbocycles. The van der Waals surface area contributed by atoms with Crippen molar-refractivity contribution in [2.45, 2.75) is 27.0 Å². The third kappa shape index (κ3) is 5.33. The number of anilines is 1. The molecule has 3 aromatic heterocycles. The normalized spacial score (nSPS) is 14.2. The number of para-hydroxylation sites is 1. The second-order valence-corrected chi connectivity index (χ2v) is 9.07. The Morgan fingerprint density at radius 1 is 1.06 bits per heavy atom. The standard InChI is InChI=1S/C28H32N6O2/c1-3-32-13-15-33(16-14-32)26-11-10-22(17-29-26)18-30-28(35)24-8-4-5-9-25(24)36-20-23-19-34-12-6-7-21(2)27(34)31-23/h4-12,17,19H,3,13-16,18,20H2,1-2H3,(H,30,35). The van der Waals surface area contributed by atoms with E-state index >= 15 is 0 Å². The minimum atomic E-state index is -0.184. The van der Waals surface area contributed by atoms with Crippen LogP contribution in [0.4, 0.5) is 5.82 Å². The number of ether oxygens (including phenoxy) is 1. The fraction of sp³-hybridized carbons (Fsp3) is 0.321. The highest BCUT2D eigenvalue weighted by atomic mass is 16.5. The fourth-order valence-corrected chi connectivity index (χ4v) is 4.48. The van der Waals surface area contributed by atoms with Gasteiger partial charge in [-0.2, -0.15) is 0 Å².